The number of hydrogen-bond acceptors (Lipinski definition) is 6. The van der Waals surface area contributed by atoms with Crippen molar-refractivity contribution in [3.63, 3.8) is 0 Å². The molecule has 2 N–H and O–H groups in total. The summed E-state index contributed by atoms with van der Waals surface area (Å²) in [6.45, 7) is 6.61. The van der Waals surface area contributed by atoms with Gasteiger partial charge in [-0.15, -0.1) is 0 Å². The normalized spacial score (nSPS) is 12.3. The average molecular weight is 557 g/mol. The lowest BCUT2D eigenvalue weighted by Crippen LogP contribution is -2.53. The number of amides is 3. The molecule has 2 atom stereocenters. The van der Waals surface area contributed by atoms with Gasteiger partial charge in [0.25, 0.3) is 5.91 Å². The molecule has 2 unspecified atom stereocenters. The third-order valence-corrected chi connectivity index (χ3v) is 6.20. The Hall–Kier alpha value is -4.84. The molecule has 0 saturated carbocycles. The molecule has 0 aliphatic heterocycles. The average Bonchev–Trinajstić information content (AvgIpc) is 2.93. The number of benzene rings is 3. The van der Waals surface area contributed by atoms with Crippen LogP contribution in [0.15, 0.2) is 78.9 Å². The van der Waals surface area contributed by atoms with Crippen molar-refractivity contribution in [2.24, 2.45) is 0 Å². The molecule has 3 rings (SSSR count). The van der Waals surface area contributed by atoms with E-state index in [1.165, 1.54) is 4.90 Å². The zero-order valence-electron chi connectivity index (χ0n) is 24.0. The van der Waals surface area contributed by atoms with Crippen LogP contribution in [0.1, 0.15) is 43.5 Å². The number of carbonyl (C=O) groups excluding carboxylic acids is 3. The van der Waals surface area contributed by atoms with Gasteiger partial charge in [-0.3, -0.25) is 9.59 Å². The fourth-order valence-corrected chi connectivity index (χ4v) is 4.30. The van der Waals surface area contributed by atoms with Crippen LogP contribution in [-0.2, 0) is 20.7 Å². The maximum Gasteiger partial charge on any atom is 0.408 e. The lowest BCUT2D eigenvalue weighted by Gasteiger charge is -2.33. The second-order valence-electron chi connectivity index (χ2n) is 10.5. The summed E-state index contributed by atoms with van der Waals surface area (Å²) in [7, 11) is 1.55. The summed E-state index contributed by atoms with van der Waals surface area (Å²) in [5.74, 6) is -0.486. The van der Waals surface area contributed by atoms with Gasteiger partial charge in [0.2, 0.25) is 5.91 Å². The molecule has 0 spiro atoms. The second kappa shape index (κ2) is 14.0. The van der Waals surface area contributed by atoms with Crippen molar-refractivity contribution >= 4 is 23.6 Å². The first-order chi connectivity index (χ1) is 19.5. The highest BCUT2D eigenvalue weighted by molar-refractivity contribution is 5.99. The molecule has 3 aromatic rings. The highest BCUT2D eigenvalue weighted by atomic mass is 16.6. The van der Waals surface area contributed by atoms with Crippen molar-refractivity contribution in [1.82, 2.24) is 10.2 Å². The van der Waals surface area contributed by atoms with Gasteiger partial charge in [0, 0.05) is 12.1 Å². The van der Waals surface area contributed by atoms with Gasteiger partial charge in [-0.05, 0) is 68.7 Å². The quantitative estimate of drug-likeness (QED) is 0.332. The summed E-state index contributed by atoms with van der Waals surface area (Å²) >= 11 is 0. The van der Waals surface area contributed by atoms with Gasteiger partial charge < -0.3 is 25.0 Å². The molecule has 214 valence electrons. The maximum absolute atomic E-state index is 14.2. The molecule has 0 aromatic heterocycles. The lowest BCUT2D eigenvalue weighted by atomic mass is 9.97. The maximum atomic E-state index is 14.2. The zero-order chi connectivity index (χ0) is 30.0. The minimum absolute atomic E-state index is 0.126. The van der Waals surface area contributed by atoms with Gasteiger partial charge in [-0.1, -0.05) is 54.6 Å². The van der Waals surface area contributed by atoms with Gasteiger partial charge in [-0.25, -0.2) is 4.79 Å². The van der Waals surface area contributed by atoms with E-state index < -0.39 is 42.1 Å². The summed E-state index contributed by atoms with van der Waals surface area (Å²) in [4.78, 5) is 42.1. The van der Waals surface area contributed by atoms with Crippen molar-refractivity contribution in [2.75, 3.05) is 19.0 Å². The number of nitrogens with zero attached hydrogens (tertiary/aromatic N) is 2. The van der Waals surface area contributed by atoms with Crippen molar-refractivity contribution in [1.29, 1.82) is 5.26 Å². The highest BCUT2D eigenvalue weighted by Crippen LogP contribution is 2.27. The van der Waals surface area contributed by atoms with Gasteiger partial charge in [0.05, 0.1) is 13.2 Å². The minimum Gasteiger partial charge on any atom is -0.497 e. The van der Waals surface area contributed by atoms with Crippen LogP contribution in [-0.4, -0.2) is 48.1 Å². The van der Waals surface area contributed by atoms with E-state index in [1.54, 1.807) is 64.3 Å². The first kappa shape index (κ1) is 30.7. The molecule has 3 amide bonds. The monoisotopic (exact) mass is 556 g/mol. The fourth-order valence-electron chi connectivity index (χ4n) is 4.30. The Morgan fingerprint density at radius 2 is 1.59 bits per heavy atom. The van der Waals surface area contributed by atoms with Crippen molar-refractivity contribution in [3.05, 3.63) is 95.6 Å². The topological polar surface area (TPSA) is 121 Å². The number of aryl methyl sites for hydroxylation is 1. The molecule has 0 radical (unpaired) electrons. The molecule has 0 aliphatic carbocycles. The van der Waals surface area contributed by atoms with Crippen molar-refractivity contribution in [3.8, 4) is 11.8 Å². The third kappa shape index (κ3) is 8.83. The Balaban J connectivity index is 2.03. The zero-order valence-corrected chi connectivity index (χ0v) is 24.0. The Morgan fingerprint density at radius 1 is 0.951 bits per heavy atom. The van der Waals surface area contributed by atoms with Crippen LogP contribution in [0.3, 0.4) is 0 Å². The Bertz CT molecular complexity index is 1380. The van der Waals surface area contributed by atoms with E-state index in [4.69, 9.17) is 9.47 Å². The first-order valence-electron chi connectivity index (χ1n) is 13.2. The van der Waals surface area contributed by atoms with Crippen LogP contribution in [0.4, 0.5) is 10.5 Å². The van der Waals surface area contributed by atoms with E-state index in [1.807, 2.05) is 55.5 Å². The fraction of sp³-hybridized carbons (Fsp3) is 0.312. The SMILES string of the molecule is COc1ccc(NC(=O)C(c2ccccc2C)N(CC#N)C(=O)C(Cc2ccccc2)NC(=O)OC(C)(C)C)cc1. The predicted octanol–water partition coefficient (Wildman–Crippen LogP) is 5.17. The molecular weight excluding hydrogens is 520 g/mol. The van der Waals surface area contributed by atoms with E-state index in [0.717, 1.165) is 11.1 Å². The Labute approximate surface area is 241 Å². The number of hydrogen-bond donors (Lipinski definition) is 2. The smallest absolute Gasteiger partial charge is 0.408 e. The van der Waals surface area contributed by atoms with Crippen LogP contribution in [0, 0.1) is 18.3 Å². The molecule has 41 heavy (non-hydrogen) atoms. The second-order valence-corrected chi connectivity index (χ2v) is 10.5. The summed E-state index contributed by atoms with van der Waals surface area (Å²) in [6, 6.07) is 22.9. The minimum atomic E-state index is -1.16. The van der Waals surface area contributed by atoms with E-state index in [0.29, 0.717) is 17.0 Å². The van der Waals surface area contributed by atoms with Crippen LogP contribution in [0.2, 0.25) is 0 Å². The summed E-state index contributed by atoms with van der Waals surface area (Å²) in [6.07, 6.45) is -0.652. The molecular formula is C32H36N4O5. The van der Waals surface area contributed by atoms with Gasteiger partial charge in [0.1, 0.15) is 30.0 Å². The summed E-state index contributed by atoms with van der Waals surface area (Å²) in [5.41, 5.74) is 1.80. The number of nitrogens with one attached hydrogen (secondary N) is 2. The van der Waals surface area contributed by atoms with Gasteiger partial charge >= 0.3 is 6.09 Å². The largest absolute Gasteiger partial charge is 0.497 e. The number of carbonyl (C=O) groups is 3. The number of ether oxygens (including phenoxy) is 2. The third-order valence-electron chi connectivity index (χ3n) is 6.20. The Kier molecular flexibility index (Phi) is 10.5. The van der Waals surface area contributed by atoms with Crippen LogP contribution in [0.25, 0.3) is 0 Å². The van der Waals surface area contributed by atoms with Crippen LogP contribution >= 0.6 is 0 Å². The number of methoxy groups -OCH3 is 1. The summed E-state index contributed by atoms with van der Waals surface area (Å²) in [5, 5.41) is 15.3. The molecule has 0 saturated heterocycles. The highest BCUT2D eigenvalue weighted by Gasteiger charge is 2.37. The van der Waals surface area contributed by atoms with E-state index in [9.17, 15) is 19.6 Å². The molecule has 0 bridgehead atoms. The number of nitriles is 1. The number of alkyl carbamates (subject to hydrolysis) is 1. The van der Waals surface area contributed by atoms with E-state index >= 15 is 0 Å². The molecule has 0 heterocycles. The predicted molar refractivity (Wildman–Crippen MR) is 156 cm³/mol. The van der Waals surface area contributed by atoms with Crippen LogP contribution in [0.5, 0.6) is 5.75 Å². The molecule has 0 fully saturated rings. The molecule has 9 nitrogen and oxygen atoms in total. The standard InChI is InChI=1S/C32H36N4O5/c1-22-11-9-10-14-26(22)28(29(37)34-24-15-17-25(40-5)18-16-24)36(20-19-33)30(38)27(21-23-12-7-6-8-13-23)35-31(39)41-32(2,3)4/h6-18,27-28H,20-21H2,1-5H3,(H,34,37)(H,35,39). The van der Waals surface area contributed by atoms with Gasteiger partial charge in [0.15, 0.2) is 0 Å². The van der Waals surface area contributed by atoms with E-state index in [-0.39, 0.29) is 6.42 Å². The molecule has 3 aromatic carbocycles. The molecule has 9 heteroatoms. The first-order valence-corrected chi connectivity index (χ1v) is 13.2. The number of anilines is 1. The number of rotatable bonds is 10. The Morgan fingerprint density at radius 3 is 2.17 bits per heavy atom. The lowest BCUT2D eigenvalue weighted by molar-refractivity contribution is -0.140. The van der Waals surface area contributed by atoms with Crippen LogP contribution < -0.4 is 15.4 Å². The van der Waals surface area contributed by atoms with Gasteiger partial charge in [-0.2, -0.15) is 5.26 Å². The van der Waals surface area contributed by atoms with Crippen molar-refractivity contribution in [2.45, 2.75) is 51.8 Å². The van der Waals surface area contributed by atoms with Crippen molar-refractivity contribution < 1.29 is 23.9 Å². The molecule has 0 aliphatic rings. The van der Waals surface area contributed by atoms with E-state index in [2.05, 4.69) is 10.6 Å². The summed E-state index contributed by atoms with van der Waals surface area (Å²) < 4.78 is 10.6.